The molecule has 0 radical (unpaired) electrons. The standard InChI is InChI=1S/C13H9BrO2S/c14-12-7-6-11(17-12)10(8-13(15)16)9-4-2-1-3-5-9/h1-8H,(H,15,16)/b10-8+. The Hall–Kier alpha value is -1.39. The van der Waals surface area contributed by atoms with Crippen molar-refractivity contribution >= 4 is 38.8 Å². The molecule has 0 aliphatic heterocycles. The maximum Gasteiger partial charge on any atom is 0.328 e. The van der Waals surface area contributed by atoms with Crippen molar-refractivity contribution in [3.63, 3.8) is 0 Å². The van der Waals surface area contributed by atoms with Crippen molar-refractivity contribution in [3.05, 3.63) is 62.8 Å². The van der Waals surface area contributed by atoms with E-state index in [1.807, 2.05) is 42.5 Å². The quantitative estimate of drug-likeness (QED) is 0.869. The average Bonchev–Trinajstić information content (AvgIpc) is 2.73. The number of hydrogen-bond donors (Lipinski definition) is 1. The normalized spacial score (nSPS) is 11.5. The number of aliphatic carboxylic acids is 1. The fourth-order valence-corrected chi connectivity index (χ4v) is 2.92. The molecule has 0 atom stereocenters. The van der Waals surface area contributed by atoms with Gasteiger partial charge in [-0.15, -0.1) is 11.3 Å². The van der Waals surface area contributed by atoms with Crippen molar-refractivity contribution in [3.8, 4) is 0 Å². The van der Waals surface area contributed by atoms with Gasteiger partial charge in [-0.25, -0.2) is 4.79 Å². The van der Waals surface area contributed by atoms with E-state index < -0.39 is 5.97 Å². The van der Waals surface area contributed by atoms with Crippen LogP contribution >= 0.6 is 27.3 Å². The lowest BCUT2D eigenvalue weighted by atomic mass is 10.0. The lowest BCUT2D eigenvalue weighted by Gasteiger charge is -2.04. The zero-order valence-corrected chi connectivity index (χ0v) is 11.2. The molecule has 1 aromatic carbocycles. The van der Waals surface area contributed by atoms with Crippen LogP contribution in [0.1, 0.15) is 10.4 Å². The summed E-state index contributed by atoms with van der Waals surface area (Å²) in [4.78, 5) is 11.8. The molecule has 1 N–H and O–H groups in total. The van der Waals surface area contributed by atoms with E-state index in [-0.39, 0.29) is 0 Å². The summed E-state index contributed by atoms with van der Waals surface area (Å²) in [6.45, 7) is 0. The summed E-state index contributed by atoms with van der Waals surface area (Å²) >= 11 is 4.90. The third-order valence-electron chi connectivity index (χ3n) is 2.19. The first-order valence-corrected chi connectivity index (χ1v) is 6.53. The minimum absolute atomic E-state index is 0.730. The first-order valence-electron chi connectivity index (χ1n) is 4.92. The first kappa shape index (κ1) is 12.1. The van der Waals surface area contributed by atoms with Gasteiger partial charge in [0.15, 0.2) is 0 Å². The Bertz CT molecular complexity index is 558. The van der Waals surface area contributed by atoms with Crippen LogP contribution < -0.4 is 0 Å². The number of rotatable bonds is 3. The van der Waals surface area contributed by atoms with Gasteiger partial charge in [-0.05, 0) is 33.6 Å². The van der Waals surface area contributed by atoms with Gasteiger partial charge in [-0.2, -0.15) is 0 Å². The van der Waals surface area contributed by atoms with Crippen LogP contribution in [-0.2, 0) is 4.79 Å². The number of carbonyl (C=O) groups is 1. The summed E-state index contributed by atoms with van der Waals surface area (Å²) in [5.74, 6) is -0.937. The predicted octanol–water partition coefficient (Wildman–Crippen LogP) is 4.03. The van der Waals surface area contributed by atoms with Gasteiger partial charge in [0, 0.05) is 16.5 Å². The Morgan fingerprint density at radius 2 is 1.88 bits per heavy atom. The van der Waals surface area contributed by atoms with Gasteiger partial charge in [0.1, 0.15) is 0 Å². The second-order valence-corrected chi connectivity index (χ2v) is 5.83. The van der Waals surface area contributed by atoms with E-state index in [1.165, 1.54) is 17.4 Å². The highest BCUT2D eigenvalue weighted by molar-refractivity contribution is 9.11. The molecular formula is C13H9BrO2S. The lowest BCUT2D eigenvalue weighted by molar-refractivity contribution is -0.131. The maximum absolute atomic E-state index is 10.9. The molecule has 1 heterocycles. The molecule has 0 amide bonds. The molecule has 86 valence electrons. The third-order valence-corrected chi connectivity index (χ3v) is 3.85. The van der Waals surface area contributed by atoms with E-state index in [2.05, 4.69) is 15.9 Å². The molecule has 0 unspecified atom stereocenters. The maximum atomic E-state index is 10.9. The van der Waals surface area contributed by atoms with Gasteiger partial charge in [0.2, 0.25) is 0 Å². The van der Waals surface area contributed by atoms with Crippen LogP contribution in [0.25, 0.3) is 5.57 Å². The second kappa shape index (κ2) is 5.29. The molecule has 2 rings (SSSR count). The lowest BCUT2D eigenvalue weighted by Crippen LogP contribution is -1.92. The van der Waals surface area contributed by atoms with E-state index in [9.17, 15) is 4.79 Å². The summed E-state index contributed by atoms with van der Waals surface area (Å²) in [5.41, 5.74) is 1.64. The Balaban J connectivity index is 2.50. The van der Waals surface area contributed by atoms with E-state index in [1.54, 1.807) is 0 Å². The Morgan fingerprint density at radius 3 is 2.41 bits per heavy atom. The fourth-order valence-electron chi connectivity index (χ4n) is 1.50. The molecule has 2 aromatic rings. The highest BCUT2D eigenvalue weighted by Gasteiger charge is 2.09. The van der Waals surface area contributed by atoms with E-state index >= 15 is 0 Å². The molecule has 4 heteroatoms. The highest BCUT2D eigenvalue weighted by Crippen LogP contribution is 2.31. The number of thiophene rings is 1. The van der Waals surface area contributed by atoms with E-state index in [0.29, 0.717) is 0 Å². The van der Waals surface area contributed by atoms with Crippen molar-refractivity contribution < 1.29 is 9.90 Å². The second-order valence-electron chi connectivity index (χ2n) is 3.37. The van der Waals surface area contributed by atoms with Crippen LogP contribution in [0.4, 0.5) is 0 Å². The molecule has 1 aromatic heterocycles. The van der Waals surface area contributed by atoms with Crippen molar-refractivity contribution in [1.29, 1.82) is 0 Å². The minimum Gasteiger partial charge on any atom is -0.478 e. The molecule has 0 spiro atoms. The van der Waals surface area contributed by atoms with Crippen molar-refractivity contribution in [2.24, 2.45) is 0 Å². The molecule has 17 heavy (non-hydrogen) atoms. The van der Waals surface area contributed by atoms with Crippen molar-refractivity contribution in [2.75, 3.05) is 0 Å². The molecule has 0 fully saturated rings. The summed E-state index contributed by atoms with van der Waals surface area (Å²) in [7, 11) is 0. The van der Waals surface area contributed by atoms with Crippen LogP contribution in [0.3, 0.4) is 0 Å². The van der Waals surface area contributed by atoms with Gasteiger partial charge in [-0.3, -0.25) is 0 Å². The highest BCUT2D eigenvalue weighted by atomic mass is 79.9. The smallest absolute Gasteiger partial charge is 0.328 e. The Kier molecular flexibility index (Phi) is 3.76. The van der Waals surface area contributed by atoms with Gasteiger partial charge < -0.3 is 5.11 Å². The number of halogens is 1. The Labute approximate surface area is 111 Å². The summed E-state index contributed by atoms with van der Waals surface area (Å²) < 4.78 is 0.986. The monoisotopic (exact) mass is 308 g/mol. The summed E-state index contributed by atoms with van der Waals surface area (Å²) in [6.07, 6.45) is 1.24. The van der Waals surface area contributed by atoms with Gasteiger partial charge in [0.05, 0.1) is 3.79 Å². The molecule has 0 bridgehead atoms. The zero-order chi connectivity index (χ0) is 12.3. The topological polar surface area (TPSA) is 37.3 Å². The molecular weight excluding hydrogens is 300 g/mol. The number of carboxylic acids is 1. The van der Waals surface area contributed by atoms with Crippen LogP contribution in [0.2, 0.25) is 0 Å². The molecule has 0 aliphatic rings. The minimum atomic E-state index is -0.937. The van der Waals surface area contributed by atoms with Crippen LogP contribution in [0.5, 0.6) is 0 Å². The van der Waals surface area contributed by atoms with Crippen LogP contribution in [-0.4, -0.2) is 11.1 Å². The number of carboxylic acid groups (broad SMARTS) is 1. The average molecular weight is 309 g/mol. The van der Waals surface area contributed by atoms with E-state index in [4.69, 9.17) is 5.11 Å². The van der Waals surface area contributed by atoms with Gasteiger partial charge >= 0.3 is 5.97 Å². The summed E-state index contributed by atoms with van der Waals surface area (Å²) in [6, 6.07) is 13.3. The zero-order valence-electron chi connectivity index (χ0n) is 8.76. The largest absolute Gasteiger partial charge is 0.478 e. The van der Waals surface area contributed by atoms with E-state index in [0.717, 1.165) is 19.8 Å². The van der Waals surface area contributed by atoms with Gasteiger partial charge in [-0.1, -0.05) is 30.3 Å². The van der Waals surface area contributed by atoms with Crippen LogP contribution in [0.15, 0.2) is 52.3 Å². The molecule has 0 saturated heterocycles. The molecule has 2 nitrogen and oxygen atoms in total. The van der Waals surface area contributed by atoms with Gasteiger partial charge in [0.25, 0.3) is 0 Å². The Morgan fingerprint density at radius 1 is 1.18 bits per heavy atom. The van der Waals surface area contributed by atoms with Crippen LogP contribution in [0, 0.1) is 0 Å². The fraction of sp³-hybridized carbons (Fsp3) is 0. The molecule has 0 aliphatic carbocycles. The SMILES string of the molecule is O=C(O)/C=C(\c1ccccc1)c1ccc(Br)s1. The summed E-state index contributed by atoms with van der Waals surface area (Å²) in [5, 5.41) is 8.93. The van der Waals surface area contributed by atoms with Crippen molar-refractivity contribution in [2.45, 2.75) is 0 Å². The number of benzene rings is 1. The molecule has 0 saturated carbocycles. The van der Waals surface area contributed by atoms with Crippen molar-refractivity contribution in [1.82, 2.24) is 0 Å². The predicted molar refractivity (Wildman–Crippen MR) is 73.2 cm³/mol. The number of hydrogen-bond acceptors (Lipinski definition) is 2. The third kappa shape index (κ3) is 3.05. The first-order chi connectivity index (χ1) is 8.16.